The van der Waals surface area contributed by atoms with Crippen molar-refractivity contribution < 1.29 is 14.6 Å². The van der Waals surface area contributed by atoms with E-state index in [1.807, 2.05) is 18.2 Å². The molecule has 1 N–H and O–H groups in total. The van der Waals surface area contributed by atoms with Gasteiger partial charge in [0.05, 0.1) is 11.1 Å². The van der Waals surface area contributed by atoms with Crippen LogP contribution in [0.4, 0.5) is 0 Å². The predicted molar refractivity (Wildman–Crippen MR) is 77.8 cm³/mol. The Bertz CT molecular complexity index is 880. The van der Waals surface area contributed by atoms with Gasteiger partial charge in [-0.05, 0) is 6.07 Å². The van der Waals surface area contributed by atoms with E-state index in [4.69, 9.17) is 9.84 Å². The highest BCUT2D eigenvalue weighted by atomic mass is 32.1. The maximum Gasteiger partial charge on any atom is 0.346 e. The molecule has 6 heteroatoms. The number of ether oxygens (including phenoxy) is 1. The van der Waals surface area contributed by atoms with Crippen molar-refractivity contribution in [3.05, 3.63) is 52.2 Å². The molecule has 0 aliphatic heterocycles. The number of para-hydroxylation sites is 1. The Labute approximate surface area is 123 Å². The summed E-state index contributed by atoms with van der Waals surface area (Å²) < 4.78 is 5.54. The van der Waals surface area contributed by atoms with Gasteiger partial charge in [0.1, 0.15) is 16.7 Å². The molecule has 0 aliphatic carbocycles. The van der Waals surface area contributed by atoms with Crippen molar-refractivity contribution in [2.24, 2.45) is 0 Å². The van der Waals surface area contributed by atoms with Gasteiger partial charge in [-0.15, -0.1) is 11.3 Å². The summed E-state index contributed by atoms with van der Waals surface area (Å²) in [5.41, 5.74) is 1.12. The minimum absolute atomic E-state index is 0.186. The normalized spacial score (nSPS) is 10.2. The average Bonchev–Trinajstić information content (AvgIpc) is 2.95. The Morgan fingerprint density at radius 1 is 1.33 bits per heavy atom. The highest BCUT2D eigenvalue weighted by Crippen LogP contribution is 2.28. The van der Waals surface area contributed by atoms with Gasteiger partial charge in [-0.3, -0.25) is 0 Å². The molecule has 3 aromatic rings. The van der Waals surface area contributed by atoms with E-state index in [0.717, 1.165) is 16.7 Å². The van der Waals surface area contributed by atoms with Crippen LogP contribution in [-0.2, 0) is 0 Å². The molecule has 0 radical (unpaired) electrons. The van der Waals surface area contributed by atoms with Gasteiger partial charge in [-0.1, -0.05) is 18.2 Å². The van der Waals surface area contributed by atoms with Crippen molar-refractivity contribution in [1.82, 2.24) is 4.98 Å². The summed E-state index contributed by atoms with van der Waals surface area (Å²) in [6.45, 7) is 0. The zero-order valence-electron chi connectivity index (χ0n) is 10.6. The Morgan fingerprint density at radius 2 is 2.14 bits per heavy atom. The first-order chi connectivity index (χ1) is 10.2. The fraction of sp³-hybridized carbons (Fsp3) is 0. The number of thiophene rings is 1. The van der Waals surface area contributed by atoms with Crippen LogP contribution in [0.3, 0.4) is 0 Å². The van der Waals surface area contributed by atoms with E-state index in [1.165, 1.54) is 6.07 Å². The fourth-order valence-electron chi connectivity index (χ4n) is 1.90. The van der Waals surface area contributed by atoms with Gasteiger partial charge in [-0.25, -0.2) is 9.78 Å². The molecule has 0 aliphatic rings. The van der Waals surface area contributed by atoms with E-state index in [9.17, 15) is 10.1 Å². The second-order valence-electron chi connectivity index (χ2n) is 4.19. The summed E-state index contributed by atoms with van der Waals surface area (Å²) >= 11 is 1.07. The maximum absolute atomic E-state index is 10.8. The van der Waals surface area contributed by atoms with Gasteiger partial charge in [-0.2, -0.15) is 5.26 Å². The van der Waals surface area contributed by atoms with Crippen LogP contribution in [0, 0.1) is 11.3 Å². The maximum atomic E-state index is 10.8. The quantitative estimate of drug-likeness (QED) is 0.797. The molecule has 0 amide bonds. The van der Waals surface area contributed by atoms with Crippen molar-refractivity contribution in [3.8, 4) is 17.7 Å². The van der Waals surface area contributed by atoms with Crippen LogP contribution in [0.5, 0.6) is 11.6 Å². The number of pyridine rings is 1. The molecule has 1 aromatic carbocycles. The zero-order chi connectivity index (χ0) is 14.8. The van der Waals surface area contributed by atoms with Gasteiger partial charge in [0.25, 0.3) is 0 Å². The highest BCUT2D eigenvalue weighted by Gasteiger charge is 2.10. The highest BCUT2D eigenvalue weighted by molar-refractivity contribution is 7.12. The molecule has 0 saturated heterocycles. The molecule has 21 heavy (non-hydrogen) atoms. The topological polar surface area (TPSA) is 83.2 Å². The van der Waals surface area contributed by atoms with E-state index >= 15 is 0 Å². The zero-order valence-corrected chi connectivity index (χ0v) is 11.4. The van der Waals surface area contributed by atoms with Crippen LogP contribution in [0.1, 0.15) is 15.2 Å². The molecule has 0 unspecified atom stereocenters. The number of rotatable bonds is 3. The fourth-order valence-corrected chi connectivity index (χ4v) is 2.55. The molecular weight excluding hydrogens is 288 g/mol. The van der Waals surface area contributed by atoms with E-state index in [2.05, 4.69) is 11.1 Å². The third-order valence-electron chi connectivity index (χ3n) is 2.82. The Kier molecular flexibility index (Phi) is 3.26. The SMILES string of the molecule is N#Cc1cc(Oc2csc(C(=O)O)c2)nc2ccccc12. The summed E-state index contributed by atoms with van der Waals surface area (Å²) in [6, 6.07) is 12.3. The lowest BCUT2D eigenvalue weighted by Gasteiger charge is -2.05. The van der Waals surface area contributed by atoms with E-state index < -0.39 is 5.97 Å². The summed E-state index contributed by atoms with van der Waals surface area (Å²) in [7, 11) is 0. The molecule has 3 rings (SSSR count). The van der Waals surface area contributed by atoms with E-state index in [0.29, 0.717) is 16.8 Å². The largest absolute Gasteiger partial charge is 0.477 e. The Balaban J connectivity index is 2.00. The number of fused-ring (bicyclic) bond motifs is 1. The minimum Gasteiger partial charge on any atom is -0.477 e. The molecule has 102 valence electrons. The second-order valence-corrected chi connectivity index (χ2v) is 5.10. The second kappa shape index (κ2) is 5.23. The third kappa shape index (κ3) is 2.55. The third-order valence-corrected chi connectivity index (χ3v) is 3.72. The van der Waals surface area contributed by atoms with Crippen molar-refractivity contribution in [3.63, 3.8) is 0 Å². The predicted octanol–water partition coefficient (Wildman–Crippen LogP) is 3.66. The van der Waals surface area contributed by atoms with Crippen molar-refractivity contribution in [2.45, 2.75) is 0 Å². The molecule has 0 bridgehead atoms. The molecule has 2 heterocycles. The number of carbonyl (C=O) groups is 1. The standard InChI is InChI=1S/C15H8N2O3S/c16-7-9-5-14(17-12-4-2-1-3-11(9)12)20-10-6-13(15(18)19)21-8-10/h1-6,8H,(H,18,19). The van der Waals surface area contributed by atoms with Gasteiger partial charge >= 0.3 is 5.97 Å². The minimum atomic E-state index is -1.00. The number of aromatic nitrogens is 1. The van der Waals surface area contributed by atoms with E-state index in [1.54, 1.807) is 17.5 Å². The first kappa shape index (κ1) is 13.1. The van der Waals surface area contributed by atoms with Crippen LogP contribution < -0.4 is 4.74 Å². The number of hydrogen-bond donors (Lipinski definition) is 1. The Morgan fingerprint density at radius 3 is 2.86 bits per heavy atom. The van der Waals surface area contributed by atoms with E-state index in [-0.39, 0.29) is 10.8 Å². The number of aromatic carboxylic acids is 1. The summed E-state index contributed by atoms with van der Waals surface area (Å²) in [5.74, 6) is -0.344. The van der Waals surface area contributed by atoms with Gasteiger partial charge < -0.3 is 9.84 Å². The summed E-state index contributed by atoms with van der Waals surface area (Å²) in [4.78, 5) is 15.3. The number of carboxylic acids is 1. The average molecular weight is 296 g/mol. The number of nitriles is 1. The lowest BCUT2D eigenvalue weighted by atomic mass is 10.1. The number of nitrogens with zero attached hydrogens (tertiary/aromatic N) is 2. The van der Waals surface area contributed by atoms with Crippen molar-refractivity contribution in [2.75, 3.05) is 0 Å². The van der Waals surface area contributed by atoms with Gasteiger partial charge in [0.2, 0.25) is 5.88 Å². The molecule has 0 fully saturated rings. The molecule has 2 aromatic heterocycles. The number of carboxylic acid groups (broad SMARTS) is 1. The molecule has 0 spiro atoms. The summed E-state index contributed by atoms with van der Waals surface area (Å²) in [5, 5.41) is 20.4. The first-order valence-electron chi connectivity index (χ1n) is 5.97. The lowest BCUT2D eigenvalue weighted by molar-refractivity contribution is 0.0702. The number of benzene rings is 1. The Hall–Kier alpha value is -2.91. The van der Waals surface area contributed by atoms with Gasteiger partial charge in [0, 0.05) is 22.9 Å². The smallest absolute Gasteiger partial charge is 0.346 e. The molecule has 0 saturated carbocycles. The monoisotopic (exact) mass is 296 g/mol. The molecule has 5 nitrogen and oxygen atoms in total. The van der Waals surface area contributed by atoms with Crippen LogP contribution >= 0.6 is 11.3 Å². The van der Waals surface area contributed by atoms with Crippen LogP contribution in [0.15, 0.2) is 41.8 Å². The van der Waals surface area contributed by atoms with Crippen molar-refractivity contribution >= 4 is 28.2 Å². The molecular formula is C15H8N2O3S. The van der Waals surface area contributed by atoms with Crippen LogP contribution in [-0.4, -0.2) is 16.1 Å². The lowest BCUT2D eigenvalue weighted by Crippen LogP contribution is -1.92. The van der Waals surface area contributed by atoms with Crippen LogP contribution in [0.25, 0.3) is 10.9 Å². The molecule has 0 atom stereocenters. The number of hydrogen-bond acceptors (Lipinski definition) is 5. The first-order valence-corrected chi connectivity index (χ1v) is 6.85. The summed E-state index contributed by atoms with van der Waals surface area (Å²) in [6.07, 6.45) is 0. The van der Waals surface area contributed by atoms with Gasteiger partial charge in [0.15, 0.2) is 0 Å². The van der Waals surface area contributed by atoms with Crippen molar-refractivity contribution in [1.29, 1.82) is 5.26 Å². The van der Waals surface area contributed by atoms with Crippen LogP contribution in [0.2, 0.25) is 0 Å².